The lowest BCUT2D eigenvalue weighted by molar-refractivity contribution is 0.319. The van der Waals surface area contributed by atoms with Crippen molar-refractivity contribution in [2.75, 3.05) is 0 Å². The molecule has 0 spiro atoms. The summed E-state index contributed by atoms with van der Waals surface area (Å²) < 4.78 is 0. The smallest absolute Gasteiger partial charge is 0.0436 e. The van der Waals surface area contributed by atoms with Crippen LogP contribution in [0, 0.1) is 0 Å². The lowest BCUT2D eigenvalue weighted by Gasteiger charge is -2.32. The van der Waals surface area contributed by atoms with Crippen molar-refractivity contribution < 1.29 is 0 Å². The van der Waals surface area contributed by atoms with Gasteiger partial charge in [-0.15, -0.1) is 0 Å². The third-order valence-electron chi connectivity index (χ3n) is 5.20. The van der Waals surface area contributed by atoms with Crippen LogP contribution in [0.15, 0.2) is 12.3 Å². The first-order chi connectivity index (χ1) is 10.0. The molecule has 116 valence electrons. The van der Waals surface area contributed by atoms with Crippen molar-refractivity contribution in [3.05, 3.63) is 29.1 Å². The van der Waals surface area contributed by atoms with Gasteiger partial charge in [-0.05, 0) is 48.6 Å². The van der Waals surface area contributed by atoms with Gasteiger partial charge in [0.25, 0.3) is 0 Å². The Kier molecular flexibility index (Phi) is 4.35. The molecule has 2 heteroatoms. The fourth-order valence-corrected chi connectivity index (χ4v) is 3.77. The number of nitrogens with zero attached hydrogens (tertiary/aromatic N) is 1. The summed E-state index contributed by atoms with van der Waals surface area (Å²) in [5.74, 6) is 0. The van der Waals surface area contributed by atoms with Gasteiger partial charge in [-0.3, -0.25) is 4.98 Å². The molecule has 0 bridgehead atoms. The highest BCUT2D eigenvalue weighted by Gasteiger charge is 2.24. The molecule has 3 rings (SSSR count). The topological polar surface area (TPSA) is 24.9 Å². The van der Waals surface area contributed by atoms with Crippen molar-refractivity contribution >= 4 is 0 Å². The van der Waals surface area contributed by atoms with Crippen LogP contribution in [0.3, 0.4) is 0 Å². The monoisotopic (exact) mass is 286 g/mol. The van der Waals surface area contributed by atoms with Crippen LogP contribution in [0.4, 0.5) is 0 Å². The second-order valence-electron chi connectivity index (χ2n) is 8.02. The fourth-order valence-electron chi connectivity index (χ4n) is 3.77. The van der Waals surface area contributed by atoms with E-state index < -0.39 is 0 Å². The van der Waals surface area contributed by atoms with E-state index in [-0.39, 0.29) is 5.41 Å². The van der Waals surface area contributed by atoms with Crippen LogP contribution in [-0.2, 0) is 18.3 Å². The molecule has 0 aromatic carbocycles. The molecule has 1 aromatic heterocycles. The summed E-state index contributed by atoms with van der Waals surface area (Å²) in [4.78, 5) is 4.74. The number of hydrogen-bond donors (Lipinski definition) is 1. The zero-order valence-corrected chi connectivity index (χ0v) is 13.9. The summed E-state index contributed by atoms with van der Waals surface area (Å²) in [7, 11) is 0. The molecule has 0 saturated heterocycles. The van der Waals surface area contributed by atoms with Crippen molar-refractivity contribution in [2.24, 2.45) is 0 Å². The number of nitrogens with one attached hydrogen (secondary N) is 1. The standard InChI is InChI=1S/C19H30N2/c1-19(2,3)15-11-14-12-17(9-10-18(14)20-13-15)21-16-7-5-4-6-8-16/h11,13,16-17,21H,4-10,12H2,1-3H3. The number of pyridine rings is 1. The molecule has 1 aromatic rings. The molecule has 1 unspecified atom stereocenters. The largest absolute Gasteiger partial charge is 0.311 e. The minimum atomic E-state index is 0.200. The normalized spacial score (nSPS) is 23.9. The Morgan fingerprint density at radius 1 is 1.05 bits per heavy atom. The van der Waals surface area contributed by atoms with E-state index in [0.717, 1.165) is 12.5 Å². The third kappa shape index (κ3) is 3.66. The van der Waals surface area contributed by atoms with E-state index in [1.807, 2.05) is 0 Å². The molecule has 0 aliphatic heterocycles. The molecule has 2 nitrogen and oxygen atoms in total. The van der Waals surface area contributed by atoms with Gasteiger partial charge in [-0.2, -0.15) is 0 Å². The van der Waals surface area contributed by atoms with Crippen LogP contribution in [0.2, 0.25) is 0 Å². The molecule has 1 fully saturated rings. The molecule has 21 heavy (non-hydrogen) atoms. The molecule has 1 saturated carbocycles. The minimum Gasteiger partial charge on any atom is -0.311 e. The van der Waals surface area contributed by atoms with Crippen LogP contribution >= 0.6 is 0 Å². The summed E-state index contributed by atoms with van der Waals surface area (Å²) in [5, 5.41) is 3.93. The van der Waals surface area contributed by atoms with Gasteiger partial charge in [0.2, 0.25) is 0 Å². The van der Waals surface area contributed by atoms with Crippen molar-refractivity contribution in [3.8, 4) is 0 Å². The second-order valence-corrected chi connectivity index (χ2v) is 8.02. The minimum absolute atomic E-state index is 0.200. The lowest BCUT2D eigenvalue weighted by atomic mass is 9.83. The molecule has 0 radical (unpaired) electrons. The highest BCUT2D eigenvalue weighted by molar-refractivity contribution is 5.32. The third-order valence-corrected chi connectivity index (χ3v) is 5.20. The second kappa shape index (κ2) is 6.08. The molecular formula is C19H30N2. The molecule has 0 amide bonds. The molecule has 2 aliphatic rings. The van der Waals surface area contributed by atoms with Gasteiger partial charge in [0.1, 0.15) is 0 Å². The van der Waals surface area contributed by atoms with Crippen molar-refractivity contribution in [1.29, 1.82) is 0 Å². The Labute approximate surface area is 129 Å². The van der Waals surface area contributed by atoms with Crippen LogP contribution < -0.4 is 5.32 Å². The zero-order valence-electron chi connectivity index (χ0n) is 13.9. The Bertz CT molecular complexity index is 481. The van der Waals surface area contributed by atoms with E-state index in [1.165, 1.54) is 61.8 Å². The number of fused-ring (bicyclic) bond motifs is 1. The predicted molar refractivity (Wildman–Crippen MR) is 88.8 cm³/mol. The number of hydrogen-bond acceptors (Lipinski definition) is 2. The summed E-state index contributed by atoms with van der Waals surface area (Å²) in [6.45, 7) is 6.82. The first kappa shape index (κ1) is 15.0. The molecule has 1 atom stereocenters. The number of rotatable bonds is 2. The van der Waals surface area contributed by atoms with Crippen LogP contribution in [0.5, 0.6) is 0 Å². The van der Waals surface area contributed by atoms with E-state index in [2.05, 4.69) is 38.4 Å². The predicted octanol–water partition coefficient (Wildman–Crippen LogP) is 4.16. The molecule has 2 aliphatic carbocycles. The van der Waals surface area contributed by atoms with E-state index in [1.54, 1.807) is 0 Å². The molecule has 1 N–H and O–H groups in total. The van der Waals surface area contributed by atoms with Crippen molar-refractivity contribution in [1.82, 2.24) is 10.3 Å². The highest BCUT2D eigenvalue weighted by Crippen LogP contribution is 2.28. The maximum absolute atomic E-state index is 4.74. The van der Waals surface area contributed by atoms with Gasteiger partial charge < -0.3 is 5.32 Å². The van der Waals surface area contributed by atoms with Crippen LogP contribution in [0.1, 0.15) is 76.1 Å². The number of aryl methyl sites for hydroxylation is 1. The number of aromatic nitrogens is 1. The quantitative estimate of drug-likeness (QED) is 0.883. The summed E-state index contributed by atoms with van der Waals surface area (Å²) in [6, 6.07) is 3.85. The average Bonchev–Trinajstić information content (AvgIpc) is 2.46. The lowest BCUT2D eigenvalue weighted by Crippen LogP contribution is -2.42. The van der Waals surface area contributed by atoms with Crippen molar-refractivity contribution in [3.63, 3.8) is 0 Å². The molecular weight excluding hydrogens is 256 g/mol. The van der Waals surface area contributed by atoms with Crippen LogP contribution in [-0.4, -0.2) is 17.1 Å². The SMILES string of the molecule is CC(C)(C)c1cnc2c(c1)CC(NC1CCCCC1)CC2. The van der Waals surface area contributed by atoms with Gasteiger partial charge >= 0.3 is 0 Å². The maximum atomic E-state index is 4.74. The van der Waals surface area contributed by atoms with Gasteiger partial charge in [0.15, 0.2) is 0 Å². The zero-order chi connectivity index (χ0) is 14.9. The average molecular weight is 286 g/mol. The van der Waals surface area contributed by atoms with Gasteiger partial charge in [0, 0.05) is 24.0 Å². The Balaban J connectivity index is 1.68. The summed E-state index contributed by atoms with van der Waals surface area (Å²) >= 11 is 0. The van der Waals surface area contributed by atoms with E-state index in [4.69, 9.17) is 4.98 Å². The van der Waals surface area contributed by atoms with Gasteiger partial charge in [-0.25, -0.2) is 0 Å². The summed E-state index contributed by atoms with van der Waals surface area (Å²) in [6.07, 6.45) is 12.7. The first-order valence-corrected chi connectivity index (χ1v) is 8.77. The van der Waals surface area contributed by atoms with Crippen LogP contribution in [0.25, 0.3) is 0 Å². The molecule has 1 heterocycles. The van der Waals surface area contributed by atoms with Crippen molar-refractivity contribution in [2.45, 2.75) is 89.6 Å². The first-order valence-electron chi connectivity index (χ1n) is 8.77. The Hall–Kier alpha value is -0.890. The summed E-state index contributed by atoms with van der Waals surface area (Å²) in [5.41, 5.74) is 4.40. The van der Waals surface area contributed by atoms with Gasteiger partial charge in [0.05, 0.1) is 0 Å². The van der Waals surface area contributed by atoms with E-state index in [9.17, 15) is 0 Å². The van der Waals surface area contributed by atoms with Gasteiger partial charge in [-0.1, -0.05) is 46.1 Å². The van der Waals surface area contributed by atoms with E-state index in [0.29, 0.717) is 6.04 Å². The fraction of sp³-hybridized carbons (Fsp3) is 0.737. The Morgan fingerprint density at radius 2 is 1.81 bits per heavy atom. The van der Waals surface area contributed by atoms with E-state index >= 15 is 0 Å². The highest BCUT2D eigenvalue weighted by atomic mass is 15.0. The maximum Gasteiger partial charge on any atom is 0.0436 e. The Morgan fingerprint density at radius 3 is 2.52 bits per heavy atom.